The van der Waals surface area contributed by atoms with Crippen molar-refractivity contribution in [1.82, 2.24) is 4.57 Å². The number of rotatable bonds is 3. The highest BCUT2D eigenvalue weighted by Gasteiger charge is 2.21. The second-order valence-electron chi connectivity index (χ2n) is 4.10. The van der Waals surface area contributed by atoms with Crippen LogP contribution < -0.4 is 5.56 Å². The smallest absolute Gasteiger partial charge is 0.321 e. The summed E-state index contributed by atoms with van der Waals surface area (Å²) in [5.41, 5.74) is 2.22. The fourth-order valence-corrected chi connectivity index (χ4v) is 2.67. The quantitative estimate of drug-likeness (QED) is 0.624. The van der Waals surface area contributed by atoms with Gasteiger partial charge < -0.3 is 9.30 Å². The first-order valence-electron chi connectivity index (χ1n) is 5.57. The molecule has 4 nitrogen and oxygen atoms in total. The number of methoxy groups -OCH3 is 1. The molecule has 1 aliphatic rings. The molecule has 1 unspecified atom stereocenters. The van der Waals surface area contributed by atoms with Gasteiger partial charge in [-0.05, 0) is 24.8 Å². The van der Waals surface area contributed by atoms with Crippen LogP contribution in [0.1, 0.15) is 17.7 Å². The van der Waals surface area contributed by atoms with Crippen LogP contribution in [0.15, 0.2) is 16.9 Å². The van der Waals surface area contributed by atoms with Gasteiger partial charge >= 0.3 is 5.97 Å². The molecule has 0 aliphatic heterocycles. The van der Waals surface area contributed by atoms with Crippen molar-refractivity contribution in [3.63, 3.8) is 0 Å². The minimum Gasteiger partial charge on any atom is -0.468 e. The first-order valence-corrected chi connectivity index (χ1v) is 6.48. The maximum absolute atomic E-state index is 11.8. The molecule has 1 aromatic heterocycles. The van der Waals surface area contributed by atoms with E-state index >= 15 is 0 Å². The van der Waals surface area contributed by atoms with Crippen LogP contribution in [0.5, 0.6) is 0 Å². The molecule has 0 amide bonds. The zero-order chi connectivity index (χ0) is 12.4. The minimum atomic E-state index is -0.475. The maximum atomic E-state index is 11.8. The van der Waals surface area contributed by atoms with E-state index in [-0.39, 0.29) is 11.5 Å². The average Bonchev–Trinajstić information content (AvgIpc) is 2.80. The van der Waals surface area contributed by atoms with Crippen molar-refractivity contribution in [1.29, 1.82) is 0 Å². The van der Waals surface area contributed by atoms with Gasteiger partial charge in [-0.1, -0.05) is 22.0 Å². The van der Waals surface area contributed by atoms with E-state index in [4.69, 9.17) is 0 Å². The SMILES string of the molecule is COC(=O)C(Br)Cn1c2c(ccc1=O)CCC2. The normalized spacial score (nSPS) is 15.4. The van der Waals surface area contributed by atoms with Crippen molar-refractivity contribution >= 4 is 21.9 Å². The van der Waals surface area contributed by atoms with Crippen molar-refractivity contribution in [3.05, 3.63) is 33.7 Å². The molecule has 0 radical (unpaired) electrons. The van der Waals surface area contributed by atoms with Crippen LogP contribution in [0, 0.1) is 0 Å². The summed E-state index contributed by atoms with van der Waals surface area (Å²) in [6, 6.07) is 3.46. The second-order valence-corrected chi connectivity index (χ2v) is 5.20. The van der Waals surface area contributed by atoms with Crippen molar-refractivity contribution < 1.29 is 9.53 Å². The first-order chi connectivity index (χ1) is 8.13. The molecule has 17 heavy (non-hydrogen) atoms. The van der Waals surface area contributed by atoms with E-state index in [1.165, 1.54) is 12.7 Å². The Labute approximate surface area is 108 Å². The van der Waals surface area contributed by atoms with Gasteiger partial charge in [0.25, 0.3) is 5.56 Å². The Morgan fingerprint density at radius 3 is 3.00 bits per heavy atom. The summed E-state index contributed by atoms with van der Waals surface area (Å²) in [7, 11) is 1.34. The van der Waals surface area contributed by atoms with Crippen LogP contribution in [-0.2, 0) is 28.9 Å². The Hall–Kier alpha value is -1.10. The highest BCUT2D eigenvalue weighted by Crippen LogP contribution is 2.20. The van der Waals surface area contributed by atoms with Crippen LogP contribution in [0.2, 0.25) is 0 Å². The summed E-state index contributed by atoms with van der Waals surface area (Å²) in [4.78, 5) is 22.7. The summed E-state index contributed by atoms with van der Waals surface area (Å²) in [5, 5.41) is 0. The van der Waals surface area contributed by atoms with Crippen molar-refractivity contribution in [2.45, 2.75) is 30.6 Å². The second kappa shape index (κ2) is 5.04. The van der Waals surface area contributed by atoms with Crippen LogP contribution in [0.25, 0.3) is 0 Å². The van der Waals surface area contributed by atoms with Gasteiger partial charge in [0.1, 0.15) is 4.83 Å². The molecule has 5 heteroatoms. The van der Waals surface area contributed by atoms with Gasteiger partial charge in [0.2, 0.25) is 0 Å². The molecule has 0 saturated carbocycles. The third-order valence-electron chi connectivity index (χ3n) is 3.05. The fraction of sp³-hybridized carbons (Fsp3) is 0.500. The lowest BCUT2D eigenvalue weighted by molar-refractivity contribution is -0.140. The number of nitrogens with zero attached hydrogens (tertiary/aromatic N) is 1. The molecule has 92 valence electrons. The average molecular weight is 300 g/mol. The molecule has 0 spiro atoms. The maximum Gasteiger partial charge on any atom is 0.321 e. The molecule has 0 fully saturated rings. The summed E-state index contributed by atoms with van der Waals surface area (Å²) in [5.74, 6) is -0.354. The molecule has 1 heterocycles. The summed E-state index contributed by atoms with van der Waals surface area (Å²) in [6.45, 7) is 0.328. The highest BCUT2D eigenvalue weighted by molar-refractivity contribution is 9.10. The Morgan fingerprint density at radius 1 is 1.53 bits per heavy atom. The molecule has 0 aromatic carbocycles. The third kappa shape index (κ3) is 2.44. The van der Waals surface area contributed by atoms with Crippen LogP contribution >= 0.6 is 15.9 Å². The number of alkyl halides is 1. The highest BCUT2D eigenvalue weighted by atomic mass is 79.9. The first kappa shape index (κ1) is 12.4. The lowest BCUT2D eigenvalue weighted by Gasteiger charge is -2.14. The largest absolute Gasteiger partial charge is 0.468 e. The molecule has 2 rings (SSSR count). The third-order valence-corrected chi connectivity index (χ3v) is 3.71. The van der Waals surface area contributed by atoms with Gasteiger partial charge in [0, 0.05) is 18.3 Å². The van der Waals surface area contributed by atoms with E-state index in [0.717, 1.165) is 25.0 Å². The standard InChI is InChI=1S/C12H14BrNO3/c1-17-12(16)9(13)7-14-10-4-2-3-8(10)5-6-11(14)15/h5-6,9H,2-4,7H2,1H3. The zero-order valence-electron chi connectivity index (χ0n) is 9.61. The van der Waals surface area contributed by atoms with Gasteiger partial charge in [0.15, 0.2) is 0 Å². The van der Waals surface area contributed by atoms with E-state index in [1.54, 1.807) is 10.6 Å². The molecular formula is C12H14BrNO3. The number of pyridine rings is 1. The number of hydrogen-bond donors (Lipinski definition) is 0. The van der Waals surface area contributed by atoms with Gasteiger partial charge in [0.05, 0.1) is 7.11 Å². The van der Waals surface area contributed by atoms with E-state index in [1.807, 2.05) is 6.07 Å². The van der Waals surface area contributed by atoms with Crippen molar-refractivity contribution in [2.75, 3.05) is 7.11 Å². The van der Waals surface area contributed by atoms with E-state index in [9.17, 15) is 9.59 Å². The number of hydrogen-bond acceptors (Lipinski definition) is 3. The molecule has 0 N–H and O–H groups in total. The number of carbonyl (C=O) groups excluding carboxylic acids is 1. The van der Waals surface area contributed by atoms with Gasteiger partial charge in [-0.25, -0.2) is 0 Å². The molecule has 1 aliphatic carbocycles. The lowest BCUT2D eigenvalue weighted by atomic mass is 10.2. The Balaban J connectivity index is 2.30. The Morgan fingerprint density at radius 2 is 2.29 bits per heavy atom. The topological polar surface area (TPSA) is 48.3 Å². The molecule has 0 saturated heterocycles. The van der Waals surface area contributed by atoms with Crippen LogP contribution in [0.3, 0.4) is 0 Å². The molecule has 1 aromatic rings. The van der Waals surface area contributed by atoms with E-state index in [0.29, 0.717) is 6.54 Å². The predicted octanol–water partition coefficient (Wildman–Crippen LogP) is 1.27. The number of ether oxygens (including phenoxy) is 1. The van der Waals surface area contributed by atoms with Crippen LogP contribution in [-0.4, -0.2) is 22.5 Å². The lowest BCUT2D eigenvalue weighted by Crippen LogP contribution is -2.30. The predicted molar refractivity (Wildman–Crippen MR) is 67.5 cm³/mol. The minimum absolute atomic E-state index is 0.0565. The van der Waals surface area contributed by atoms with Gasteiger partial charge in [-0.3, -0.25) is 9.59 Å². The summed E-state index contributed by atoms with van der Waals surface area (Å²) < 4.78 is 6.32. The molecular weight excluding hydrogens is 286 g/mol. The van der Waals surface area contributed by atoms with Gasteiger partial charge in [-0.2, -0.15) is 0 Å². The number of aromatic nitrogens is 1. The van der Waals surface area contributed by atoms with E-state index < -0.39 is 4.83 Å². The number of aryl methyl sites for hydroxylation is 1. The summed E-state index contributed by atoms with van der Waals surface area (Å²) in [6.07, 6.45) is 3.00. The Kier molecular flexibility index (Phi) is 3.66. The monoisotopic (exact) mass is 299 g/mol. The van der Waals surface area contributed by atoms with Gasteiger partial charge in [-0.15, -0.1) is 0 Å². The number of halogens is 1. The number of fused-ring (bicyclic) bond motifs is 1. The zero-order valence-corrected chi connectivity index (χ0v) is 11.2. The van der Waals surface area contributed by atoms with Crippen LogP contribution in [0.4, 0.5) is 0 Å². The number of esters is 1. The van der Waals surface area contributed by atoms with Crippen molar-refractivity contribution in [3.8, 4) is 0 Å². The van der Waals surface area contributed by atoms with E-state index in [2.05, 4.69) is 20.7 Å². The molecule has 1 atom stereocenters. The Bertz CT molecular complexity index is 495. The number of carbonyl (C=O) groups is 1. The molecule has 0 bridgehead atoms. The summed E-state index contributed by atoms with van der Waals surface area (Å²) >= 11 is 3.25. The fourth-order valence-electron chi connectivity index (χ4n) is 2.20. The van der Waals surface area contributed by atoms with Crippen molar-refractivity contribution in [2.24, 2.45) is 0 Å².